The number of ether oxygens (including phenoxy) is 2. The number of methoxy groups -OCH3 is 1. The molecule has 2 atom stereocenters. The van der Waals surface area contributed by atoms with E-state index in [9.17, 15) is 18.0 Å². The predicted molar refractivity (Wildman–Crippen MR) is 123 cm³/mol. The van der Waals surface area contributed by atoms with Crippen LogP contribution in [0, 0.1) is 11.8 Å². The number of amides is 2. The molecule has 0 N–H and O–H groups in total. The molecule has 9 heteroatoms. The Morgan fingerprint density at radius 1 is 1.00 bits per heavy atom. The number of carbonyl (C=O) groups excluding carboxylic acids is 2. The Morgan fingerprint density at radius 3 is 2.42 bits per heavy atom. The minimum atomic E-state index is -3.74. The Kier molecular flexibility index (Phi) is 7.58. The lowest BCUT2D eigenvalue weighted by atomic mass is 9.76. The fraction of sp³-hybridized carbons (Fsp3) is 0.667. The smallest absolute Gasteiger partial charge is 0.337 e. The van der Waals surface area contributed by atoms with Gasteiger partial charge < -0.3 is 19.3 Å². The average Bonchev–Trinajstić information content (AvgIpc) is 2.88. The highest BCUT2D eigenvalue weighted by molar-refractivity contribution is 7.92. The van der Waals surface area contributed by atoms with Crippen LogP contribution in [0.1, 0.15) is 48.9 Å². The normalized spacial score (nSPS) is 25.0. The Bertz CT molecular complexity index is 953. The molecule has 0 unspecified atom stereocenters. The van der Waals surface area contributed by atoms with Crippen molar-refractivity contribution < 1.29 is 27.5 Å². The summed E-state index contributed by atoms with van der Waals surface area (Å²) in [6, 6.07) is 5.93. The van der Waals surface area contributed by atoms with Gasteiger partial charge in [-0.05, 0) is 36.5 Å². The summed E-state index contributed by atoms with van der Waals surface area (Å²) < 4.78 is 37.5. The molecule has 1 saturated carbocycles. The van der Waals surface area contributed by atoms with E-state index >= 15 is 0 Å². The van der Waals surface area contributed by atoms with Crippen LogP contribution in [0.3, 0.4) is 0 Å². The van der Waals surface area contributed by atoms with Gasteiger partial charge in [-0.25, -0.2) is 18.0 Å². The quantitative estimate of drug-likeness (QED) is 0.618. The zero-order valence-electron chi connectivity index (χ0n) is 19.3. The molecule has 8 nitrogen and oxygen atoms in total. The first-order chi connectivity index (χ1) is 15.9. The highest BCUT2D eigenvalue weighted by Gasteiger charge is 2.41. The first-order valence-electron chi connectivity index (χ1n) is 11.9. The third-order valence-electron chi connectivity index (χ3n) is 7.34. The van der Waals surface area contributed by atoms with E-state index in [0.717, 1.165) is 25.7 Å². The zero-order valence-corrected chi connectivity index (χ0v) is 20.1. The number of nitrogens with zero attached hydrogens (tertiary/aromatic N) is 2. The van der Waals surface area contributed by atoms with Gasteiger partial charge in [-0.1, -0.05) is 38.2 Å². The summed E-state index contributed by atoms with van der Waals surface area (Å²) >= 11 is 0. The van der Waals surface area contributed by atoms with Gasteiger partial charge in [0.2, 0.25) is 0 Å². The lowest BCUT2D eigenvalue weighted by Crippen LogP contribution is -2.55. The summed E-state index contributed by atoms with van der Waals surface area (Å²) in [5.74, 6) is 0.0330. The maximum absolute atomic E-state index is 13.7. The van der Waals surface area contributed by atoms with Gasteiger partial charge in [0.25, 0.3) is 0 Å². The topological polar surface area (TPSA) is 93.2 Å². The van der Waals surface area contributed by atoms with E-state index in [0.29, 0.717) is 45.2 Å². The number of morpholine rings is 1. The van der Waals surface area contributed by atoms with E-state index in [2.05, 4.69) is 0 Å². The molecule has 2 aliphatic heterocycles. The van der Waals surface area contributed by atoms with Crippen molar-refractivity contribution in [2.45, 2.75) is 48.7 Å². The number of sulfone groups is 1. The standard InChI is InChI=1S/C24H34N2O6S/c1-31-23(27)19-8-5-9-21(14-19)33(29,30)22-15-20(18-6-3-2-4-7-18)16-26(17-22)24(28)25-10-12-32-13-11-25/h5,8-9,14,18,20,22H,2-4,6-7,10-13,15-17H2,1H3/t20-,22+/m1/s1. The molecular formula is C24H34N2O6S. The number of urea groups is 1. The van der Waals surface area contributed by atoms with Crippen LogP contribution in [0.5, 0.6) is 0 Å². The van der Waals surface area contributed by atoms with Crippen LogP contribution in [-0.4, -0.2) is 82.0 Å². The first-order valence-corrected chi connectivity index (χ1v) is 13.5. The summed E-state index contributed by atoms with van der Waals surface area (Å²) in [6.07, 6.45) is 6.28. The van der Waals surface area contributed by atoms with Crippen molar-refractivity contribution in [1.82, 2.24) is 9.80 Å². The SMILES string of the molecule is COC(=O)c1cccc(S(=O)(=O)[C@H]2C[C@@H](C3CCCCC3)CN(C(=O)N3CCOCC3)C2)c1. The van der Waals surface area contributed by atoms with Crippen LogP contribution in [0.15, 0.2) is 29.2 Å². The third-order valence-corrected chi connectivity index (χ3v) is 9.47. The fourth-order valence-corrected chi connectivity index (χ4v) is 7.30. The van der Waals surface area contributed by atoms with Gasteiger partial charge in [-0.2, -0.15) is 0 Å². The van der Waals surface area contributed by atoms with Crippen LogP contribution in [0.4, 0.5) is 4.79 Å². The molecule has 0 spiro atoms. The molecule has 4 rings (SSSR count). The second-order valence-corrected chi connectivity index (χ2v) is 11.6. The maximum Gasteiger partial charge on any atom is 0.337 e. The first kappa shape index (κ1) is 24.0. The molecule has 182 valence electrons. The van der Waals surface area contributed by atoms with Crippen LogP contribution >= 0.6 is 0 Å². The van der Waals surface area contributed by atoms with Crippen molar-refractivity contribution in [1.29, 1.82) is 0 Å². The van der Waals surface area contributed by atoms with Crippen molar-refractivity contribution >= 4 is 21.8 Å². The number of hydrogen-bond donors (Lipinski definition) is 0. The van der Waals surface area contributed by atoms with Gasteiger partial charge in [0.15, 0.2) is 9.84 Å². The number of esters is 1. The van der Waals surface area contributed by atoms with Crippen LogP contribution in [0.25, 0.3) is 0 Å². The van der Waals surface area contributed by atoms with Crippen molar-refractivity contribution in [2.75, 3.05) is 46.5 Å². The highest BCUT2D eigenvalue weighted by atomic mass is 32.2. The Hall–Kier alpha value is -2.13. The highest BCUT2D eigenvalue weighted by Crippen LogP contribution is 2.38. The molecule has 33 heavy (non-hydrogen) atoms. The van der Waals surface area contributed by atoms with E-state index < -0.39 is 21.1 Å². The van der Waals surface area contributed by atoms with Crippen molar-refractivity contribution in [3.63, 3.8) is 0 Å². The van der Waals surface area contributed by atoms with Crippen LogP contribution in [0.2, 0.25) is 0 Å². The van der Waals surface area contributed by atoms with Gasteiger partial charge >= 0.3 is 12.0 Å². The fourth-order valence-electron chi connectivity index (χ4n) is 5.48. The van der Waals surface area contributed by atoms with Crippen molar-refractivity contribution in [2.24, 2.45) is 11.8 Å². The minimum Gasteiger partial charge on any atom is -0.465 e. The summed E-state index contributed by atoms with van der Waals surface area (Å²) in [7, 11) is -2.47. The van der Waals surface area contributed by atoms with Crippen molar-refractivity contribution in [3.8, 4) is 0 Å². The number of rotatable bonds is 4. The summed E-state index contributed by atoms with van der Waals surface area (Å²) in [5.41, 5.74) is 0.208. The zero-order chi connectivity index (χ0) is 23.4. The molecule has 3 aliphatic rings. The maximum atomic E-state index is 13.7. The Morgan fingerprint density at radius 2 is 1.73 bits per heavy atom. The lowest BCUT2D eigenvalue weighted by molar-refractivity contribution is 0.0361. The lowest BCUT2D eigenvalue weighted by Gasteiger charge is -2.43. The van der Waals surface area contributed by atoms with Gasteiger partial charge in [-0.3, -0.25) is 0 Å². The second-order valence-electron chi connectivity index (χ2n) is 9.37. The minimum absolute atomic E-state index is 0.0951. The second kappa shape index (κ2) is 10.4. The van der Waals surface area contributed by atoms with Crippen LogP contribution in [-0.2, 0) is 19.3 Å². The van der Waals surface area contributed by atoms with E-state index in [1.807, 2.05) is 0 Å². The molecule has 2 saturated heterocycles. The Labute approximate surface area is 196 Å². The number of likely N-dealkylation sites (tertiary alicyclic amines) is 1. The molecule has 0 bridgehead atoms. The predicted octanol–water partition coefficient (Wildman–Crippen LogP) is 2.97. The van der Waals surface area contributed by atoms with Gasteiger partial charge in [0.05, 0.1) is 36.0 Å². The third kappa shape index (κ3) is 5.35. The van der Waals surface area contributed by atoms with Crippen LogP contribution < -0.4 is 0 Å². The molecule has 2 heterocycles. The van der Waals surface area contributed by atoms with E-state index in [1.54, 1.807) is 21.9 Å². The molecule has 0 radical (unpaired) electrons. The summed E-state index contributed by atoms with van der Waals surface area (Å²) in [4.78, 5) is 28.9. The van der Waals surface area contributed by atoms with Gasteiger partial charge in [0, 0.05) is 26.2 Å². The van der Waals surface area contributed by atoms with E-state index in [-0.39, 0.29) is 29.0 Å². The monoisotopic (exact) mass is 478 g/mol. The van der Waals surface area contributed by atoms with Gasteiger partial charge in [-0.15, -0.1) is 0 Å². The van der Waals surface area contributed by atoms with Crippen molar-refractivity contribution in [3.05, 3.63) is 29.8 Å². The largest absolute Gasteiger partial charge is 0.465 e. The number of benzene rings is 1. The van der Waals surface area contributed by atoms with E-state index in [1.165, 1.54) is 25.7 Å². The van der Waals surface area contributed by atoms with E-state index in [4.69, 9.17) is 9.47 Å². The molecule has 1 aromatic rings. The molecular weight excluding hydrogens is 444 g/mol. The molecule has 3 fully saturated rings. The average molecular weight is 479 g/mol. The molecule has 0 aromatic heterocycles. The summed E-state index contributed by atoms with van der Waals surface area (Å²) in [5, 5.41) is -0.698. The van der Waals surface area contributed by atoms with Gasteiger partial charge in [0.1, 0.15) is 0 Å². The molecule has 2 amide bonds. The summed E-state index contributed by atoms with van der Waals surface area (Å²) in [6.45, 7) is 2.85. The molecule has 1 aliphatic carbocycles. The Balaban J connectivity index is 1.60. The molecule has 1 aromatic carbocycles. The number of piperidine rings is 1. The number of carbonyl (C=O) groups is 2. The number of hydrogen-bond acceptors (Lipinski definition) is 6.